The third-order valence-corrected chi connectivity index (χ3v) is 0. The molecular formula is C3H12NNaSi. The van der Waals surface area contributed by atoms with E-state index in [1.54, 1.807) is 0 Å². The first-order valence-corrected chi connectivity index (χ1v) is 5.20. The van der Waals surface area contributed by atoms with Gasteiger partial charge in [0.25, 0.3) is 0 Å². The van der Waals surface area contributed by atoms with Crippen LogP contribution in [-0.4, -0.2) is 8.80 Å². The van der Waals surface area contributed by atoms with Crippen LogP contribution in [0.3, 0.4) is 0 Å². The van der Waals surface area contributed by atoms with Gasteiger partial charge in [-0.15, -0.1) is 0 Å². The number of rotatable bonds is 0. The van der Waals surface area contributed by atoms with Gasteiger partial charge in [-0.25, -0.2) is 0 Å². The average Bonchev–Trinajstić information content (AvgIpc) is 0.811. The van der Waals surface area contributed by atoms with Crippen molar-refractivity contribution in [2.24, 2.45) is 0 Å². The second-order valence-electron chi connectivity index (χ2n) is 1.73. The van der Waals surface area contributed by atoms with Crippen LogP contribution in [0.4, 0.5) is 0 Å². The summed E-state index contributed by atoms with van der Waals surface area (Å²) in [6.07, 6.45) is 0. The quantitative estimate of drug-likeness (QED) is 0.355. The maximum atomic E-state index is 2.31. The molecule has 0 aliphatic rings. The molecule has 0 bridgehead atoms. The van der Waals surface area contributed by atoms with Gasteiger partial charge in [0.15, 0.2) is 0 Å². The Bertz CT molecular complexity index is 15.5. The first-order chi connectivity index (χ1) is 1.73. The summed E-state index contributed by atoms with van der Waals surface area (Å²) in [5.74, 6) is 0. The van der Waals surface area contributed by atoms with Gasteiger partial charge in [0.2, 0.25) is 0 Å². The van der Waals surface area contributed by atoms with Gasteiger partial charge < -0.3 is 6.15 Å². The van der Waals surface area contributed by atoms with E-state index in [4.69, 9.17) is 0 Å². The first-order valence-electron chi connectivity index (χ1n) is 1.73. The third kappa shape index (κ3) is 65.2. The van der Waals surface area contributed by atoms with Crippen LogP contribution < -0.4 is 29.6 Å². The van der Waals surface area contributed by atoms with Crippen LogP contribution in [-0.2, 0) is 0 Å². The fourth-order valence-corrected chi connectivity index (χ4v) is 0. The van der Waals surface area contributed by atoms with Crippen LogP contribution in [0.25, 0.3) is 6.15 Å². The smallest absolute Gasteiger partial charge is 0.693 e. The van der Waals surface area contributed by atoms with E-state index in [0.29, 0.717) is 0 Å². The van der Waals surface area contributed by atoms with E-state index < -0.39 is 0 Å². The molecule has 34 valence electrons. The van der Waals surface area contributed by atoms with Gasteiger partial charge in [0.1, 0.15) is 0 Å². The molecule has 0 saturated heterocycles. The molecule has 0 saturated carbocycles. The minimum atomic E-state index is -0.139. The molecule has 0 rings (SSSR count). The average molecular weight is 113 g/mol. The van der Waals surface area contributed by atoms with E-state index in [9.17, 15) is 0 Å². The van der Waals surface area contributed by atoms with E-state index >= 15 is 0 Å². The molecule has 0 aromatic carbocycles. The zero-order valence-electron chi connectivity index (χ0n) is 5.15. The summed E-state index contributed by atoms with van der Waals surface area (Å²) in [6.45, 7) is 6.92. The molecule has 0 aliphatic carbocycles. The zero-order chi connectivity index (χ0) is 3.58. The Hall–Kier alpha value is 1.18. The van der Waals surface area contributed by atoms with Crippen molar-refractivity contribution in [2.75, 3.05) is 0 Å². The fourth-order valence-electron chi connectivity index (χ4n) is 0. The summed E-state index contributed by atoms with van der Waals surface area (Å²) in [6, 6.07) is 0. The van der Waals surface area contributed by atoms with Crippen LogP contribution in [0.15, 0.2) is 0 Å². The Balaban J connectivity index is -0.0000000450. The molecule has 6 heavy (non-hydrogen) atoms. The maximum absolute atomic E-state index is 2.31. The van der Waals surface area contributed by atoms with Crippen LogP contribution in [0.5, 0.6) is 0 Å². The predicted octanol–water partition coefficient (Wildman–Crippen LogP) is -1.18. The molecule has 0 spiro atoms. The molecule has 0 amide bonds. The van der Waals surface area contributed by atoms with Gasteiger partial charge >= 0.3 is 29.6 Å². The largest absolute Gasteiger partial charge is 1.00 e. The van der Waals surface area contributed by atoms with E-state index in [-0.39, 0.29) is 44.5 Å². The molecule has 2 N–H and O–H groups in total. The maximum Gasteiger partial charge on any atom is 1.00 e. The monoisotopic (exact) mass is 113 g/mol. The Morgan fingerprint density at radius 3 is 1.00 bits per heavy atom. The normalized spacial score (nSPS) is 6.00. The van der Waals surface area contributed by atoms with E-state index in [1.807, 2.05) is 0 Å². The van der Waals surface area contributed by atoms with E-state index in [1.165, 1.54) is 0 Å². The Morgan fingerprint density at radius 1 is 1.00 bits per heavy atom. The van der Waals surface area contributed by atoms with Gasteiger partial charge in [-0.05, 0) is 0 Å². The van der Waals surface area contributed by atoms with Crippen LogP contribution in [0, 0.1) is 0 Å². The minimum absolute atomic E-state index is 0. The molecule has 0 atom stereocenters. The first kappa shape index (κ1) is 15.7. The molecule has 0 heterocycles. The second kappa shape index (κ2) is 9.49. The molecule has 1 nitrogen and oxygen atoms in total. The van der Waals surface area contributed by atoms with Crippen LogP contribution in [0.2, 0.25) is 19.6 Å². The fraction of sp³-hybridized carbons (Fsp3) is 1.00. The van der Waals surface area contributed by atoms with Gasteiger partial charge in [-0.3, -0.25) is 0 Å². The standard InChI is InChI=1S/C3H10Si.H2N.Na/c1-4(2)3;;/h4H,1-3H3;1H2;/q;-1;+1. The van der Waals surface area contributed by atoms with Crippen LogP contribution >= 0.6 is 0 Å². The SMILES string of the molecule is C[SiH](C)C.[NH2-].[Na+]. The Kier molecular flexibility index (Phi) is 24.8. The molecule has 0 unspecified atom stereocenters. The zero-order valence-corrected chi connectivity index (χ0v) is 8.31. The number of hydrogen-bond acceptors (Lipinski definition) is 0. The molecule has 0 fully saturated rings. The minimum Gasteiger partial charge on any atom is -0.693 e. The molecule has 0 radical (unpaired) electrons. The van der Waals surface area contributed by atoms with Crippen molar-refractivity contribution < 1.29 is 29.6 Å². The van der Waals surface area contributed by atoms with Gasteiger partial charge in [0, 0.05) is 8.80 Å². The summed E-state index contributed by atoms with van der Waals surface area (Å²) >= 11 is 0. The van der Waals surface area contributed by atoms with E-state index in [2.05, 4.69) is 19.6 Å². The van der Waals surface area contributed by atoms with Gasteiger partial charge in [0.05, 0.1) is 0 Å². The van der Waals surface area contributed by atoms with Crippen molar-refractivity contribution in [1.29, 1.82) is 0 Å². The van der Waals surface area contributed by atoms with Gasteiger partial charge in [-0.2, -0.15) is 0 Å². The van der Waals surface area contributed by atoms with E-state index in [0.717, 1.165) is 0 Å². The van der Waals surface area contributed by atoms with Crippen molar-refractivity contribution >= 4 is 8.80 Å². The second-order valence-corrected chi connectivity index (χ2v) is 5.20. The molecule has 0 aromatic rings. The Labute approximate surface area is 64.0 Å². The van der Waals surface area contributed by atoms with Crippen molar-refractivity contribution in [3.05, 3.63) is 6.15 Å². The third-order valence-electron chi connectivity index (χ3n) is 0. The summed E-state index contributed by atoms with van der Waals surface area (Å²) in [5, 5.41) is 0. The summed E-state index contributed by atoms with van der Waals surface area (Å²) in [7, 11) is -0.139. The molecule has 0 aliphatic heterocycles. The van der Waals surface area contributed by atoms with Gasteiger partial charge in [-0.1, -0.05) is 19.6 Å². The molecule has 0 aromatic heterocycles. The summed E-state index contributed by atoms with van der Waals surface area (Å²) in [5.41, 5.74) is 0. The summed E-state index contributed by atoms with van der Waals surface area (Å²) in [4.78, 5) is 0. The summed E-state index contributed by atoms with van der Waals surface area (Å²) < 4.78 is 0. The topological polar surface area (TPSA) is 33.5 Å². The number of hydrogen-bond donors (Lipinski definition) is 0. The van der Waals surface area contributed by atoms with Crippen molar-refractivity contribution in [3.8, 4) is 0 Å². The van der Waals surface area contributed by atoms with Crippen molar-refractivity contribution in [1.82, 2.24) is 0 Å². The molecule has 3 heteroatoms. The molecular weight excluding hydrogens is 101 g/mol. The predicted molar refractivity (Wildman–Crippen MR) is 30.0 cm³/mol. The van der Waals surface area contributed by atoms with Crippen LogP contribution in [0.1, 0.15) is 0 Å². The number of nitrogens with two attached hydrogens (primary N) is 1. The van der Waals surface area contributed by atoms with Crippen molar-refractivity contribution in [3.63, 3.8) is 0 Å². The Morgan fingerprint density at radius 2 is 1.00 bits per heavy atom. The van der Waals surface area contributed by atoms with Crippen molar-refractivity contribution in [2.45, 2.75) is 19.6 Å².